The highest BCUT2D eigenvalue weighted by Crippen LogP contribution is 2.39. The Morgan fingerprint density at radius 1 is 1.53 bits per heavy atom. The second-order valence-electron chi connectivity index (χ2n) is 3.40. The fraction of sp³-hybridized carbons (Fsp3) is 0.455. The molecule has 1 aromatic carbocycles. The zero-order chi connectivity index (χ0) is 10.7. The maximum absolute atomic E-state index is 5.78. The van der Waals surface area contributed by atoms with E-state index < -0.39 is 0 Å². The molecule has 1 aliphatic heterocycles. The number of para-hydroxylation sites is 1. The van der Waals surface area contributed by atoms with Gasteiger partial charge in [-0.15, -0.1) is 0 Å². The van der Waals surface area contributed by atoms with Crippen LogP contribution in [0.2, 0.25) is 0 Å². The first kappa shape index (κ1) is 10.1. The number of nitrogens with one attached hydrogen (secondary N) is 1. The quantitative estimate of drug-likeness (QED) is 0.808. The fourth-order valence-electron chi connectivity index (χ4n) is 1.60. The van der Waals surface area contributed by atoms with Crippen LogP contribution in [0.25, 0.3) is 0 Å². The Morgan fingerprint density at radius 2 is 2.40 bits per heavy atom. The molecule has 4 heteroatoms. The van der Waals surface area contributed by atoms with Crippen LogP contribution >= 0.6 is 0 Å². The van der Waals surface area contributed by atoms with E-state index in [9.17, 15) is 0 Å². The Labute approximate surface area is 89.1 Å². The van der Waals surface area contributed by atoms with Crippen molar-refractivity contribution in [2.75, 3.05) is 27.3 Å². The molecule has 0 aromatic heterocycles. The minimum atomic E-state index is 0.0406. The molecule has 1 aromatic rings. The molecule has 1 N–H and O–H groups in total. The Kier molecular flexibility index (Phi) is 2.97. The summed E-state index contributed by atoms with van der Waals surface area (Å²) in [6.45, 7) is 1.33. The zero-order valence-electron chi connectivity index (χ0n) is 8.95. The van der Waals surface area contributed by atoms with Crippen LogP contribution in [0.15, 0.2) is 18.2 Å². The summed E-state index contributed by atoms with van der Waals surface area (Å²) in [5, 5.41) is 3.06. The molecule has 1 atom stereocenters. The lowest BCUT2D eigenvalue weighted by molar-refractivity contribution is 0.0879. The Balaban J connectivity index is 2.22. The lowest BCUT2D eigenvalue weighted by Gasteiger charge is -2.27. The topological polar surface area (TPSA) is 39.7 Å². The van der Waals surface area contributed by atoms with Crippen molar-refractivity contribution in [1.82, 2.24) is 5.32 Å². The van der Waals surface area contributed by atoms with Gasteiger partial charge in [-0.3, -0.25) is 0 Å². The molecule has 0 saturated carbocycles. The summed E-state index contributed by atoms with van der Waals surface area (Å²) in [5.74, 6) is 2.17. The molecule has 82 valence electrons. The van der Waals surface area contributed by atoms with Gasteiger partial charge in [0, 0.05) is 6.54 Å². The van der Waals surface area contributed by atoms with Gasteiger partial charge in [0.05, 0.1) is 7.11 Å². The van der Waals surface area contributed by atoms with Gasteiger partial charge in [-0.05, 0) is 19.2 Å². The van der Waals surface area contributed by atoms with E-state index in [2.05, 4.69) is 5.32 Å². The number of hydrogen-bond acceptors (Lipinski definition) is 4. The molecule has 0 amide bonds. The van der Waals surface area contributed by atoms with Gasteiger partial charge in [0.25, 0.3) is 0 Å². The second-order valence-corrected chi connectivity index (χ2v) is 3.40. The number of ether oxygens (including phenoxy) is 3. The van der Waals surface area contributed by atoms with Gasteiger partial charge in [-0.2, -0.15) is 0 Å². The van der Waals surface area contributed by atoms with Crippen LogP contribution in [0.3, 0.4) is 0 Å². The predicted octanol–water partition coefficient (Wildman–Crippen LogP) is 1.05. The van der Waals surface area contributed by atoms with Crippen LogP contribution in [-0.2, 0) is 0 Å². The summed E-state index contributed by atoms with van der Waals surface area (Å²) < 4.78 is 16.6. The molecule has 0 radical (unpaired) electrons. The van der Waals surface area contributed by atoms with E-state index in [1.807, 2.05) is 25.2 Å². The largest absolute Gasteiger partial charge is 0.493 e. The van der Waals surface area contributed by atoms with E-state index in [0.717, 1.165) is 12.3 Å². The number of likely N-dealkylation sites (N-methyl/N-ethyl adjacent to an activating group) is 1. The van der Waals surface area contributed by atoms with Crippen LogP contribution in [0.1, 0.15) is 0 Å². The number of benzene rings is 1. The van der Waals surface area contributed by atoms with Crippen molar-refractivity contribution in [3.63, 3.8) is 0 Å². The van der Waals surface area contributed by atoms with Gasteiger partial charge in [-0.25, -0.2) is 0 Å². The number of fused-ring (bicyclic) bond motifs is 1. The molecular weight excluding hydrogens is 194 g/mol. The Morgan fingerprint density at radius 3 is 3.13 bits per heavy atom. The molecule has 0 saturated heterocycles. The van der Waals surface area contributed by atoms with Crippen molar-refractivity contribution in [3.05, 3.63) is 18.2 Å². The predicted molar refractivity (Wildman–Crippen MR) is 56.8 cm³/mol. The molecule has 0 aliphatic carbocycles. The van der Waals surface area contributed by atoms with Gasteiger partial charge in [0.15, 0.2) is 11.5 Å². The van der Waals surface area contributed by atoms with Crippen molar-refractivity contribution in [3.8, 4) is 17.2 Å². The average molecular weight is 209 g/mol. The summed E-state index contributed by atoms with van der Waals surface area (Å²) in [6, 6.07) is 5.64. The summed E-state index contributed by atoms with van der Waals surface area (Å²) in [7, 11) is 3.52. The smallest absolute Gasteiger partial charge is 0.204 e. The first-order valence-corrected chi connectivity index (χ1v) is 4.96. The van der Waals surface area contributed by atoms with E-state index >= 15 is 0 Å². The molecule has 0 spiro atoms. The summed E-state index contributed by atoms with van der Waals surface area (Å²) in [5.41, 5.74) is 0. The summed E-state index contributed by atoms with van der Waals surface area (Å²) in [6.07, 6.45) is 0.0406. The molecule has 4 nitrogen and oxygen atoms in total. The Bertz CT molecular complexity index is 326. The first-order chi connectivity index (χ1) is 7.35. The third-order valence-electron chi connectivity index (χ3n) is 2.30. The third-order valence-corrected chi connectivity index (χ3v) is 2.30. The van der Waals surface area contributed by atoms with Crippen LogP contribution in [0.5, 0.6) is 17.2 Å². The van der Waals surface area contributed by atoms with Gasteiger partial charge in [0.2, 0.25) is 5.75 Å². The van der Waals surface area contributed by atoms with Crippen molar-refractivity contribution >= 4 is 0 Å². The lowest BCUT2D eigenvalue weighted by Crippen LogP contribution is -2.37. The molecule has 0 fully saturated rings. The molecule has 1 unspecified atom stereocenters. The van der Waals surface area contributed by atoms with Crippen LogP contribution in [-0.4, -0.2) is 33.4 Å². The van der Waals surface area contributed by atoms with Crippen molar-refractivity contribution in [1.29, 1.82) is 0 Å². The average Bonchev–Trinajstić information content (AvgIpc) is 2.28. The molecule has 15 heavy (non-hydrogen) atoms. The highest BCUT2D eigenvalue weighted by Gasteiger charge is 2.23. The van der Waals surface area contributed by atoms with E-state index in [4.69, 9.17) is 14.2 Å². The van der Waals surface area contributed by atoms with Crippen LogP contribution in [0.4, 0.5) is 0 Å². The van der Waals surface area contributed by atoms with E-state index in [1.54, 1.807) is 7.11 Å². The van der Waals surface area contributed by atoms with Gasteiger partial charge < -0.3 is 19.5 Å². The minimum Gasteiger partial charge on any atom is -0.493 e. The van der Waals surface area contributed by atoms with Crippen molar-refractivity contribution in [2.24, 2.45) is 0 Å². The number of rotatable bonds is 3. The summed E-state index contributed by atoms with van der Waals surface area (Å²) in [4.78, 5) is 0. The standard InChI is InChI=1S/C11H15NO3/c1-12-6-8-7-14-10-5-3-4-9(13-2)11(10)15-8/h3-5,8,12H,6-7H2,1-2H3. The van der Waals surface area contributed by atoms with Gasteiger partial charge in [-0.1, -0.05) is 6.07 Å². The monoisotopic (exact) mass is 209 g/mol. The van der Waals surface area contributed by atoms with E-state index in [0.29, 0.717) is 18.1 Å². The minimum absolute atomic E-state index is 0.0406. The molecule has 1 heterocycles. The highest BCUT2D eigenvalue weighted by molar-refractivity contribution is 5.52. The maximum Gasteiger partial charge on any atom is 0.204 e. The fourth-order valence-corrected chi connectivity index (χ4v) is 1.60. The van der Waals surface area contributed by atoms with E-state index in [-0.39, 0.29) is 6.10 Å². The highest BCUT2D eigenvalue weighted by atomic mass is 16.6. The van der Waals surface area contributed by atoms with Crippen LogP contribution in [0, 0.1) is 0 Å². The maximum atomic E-state index is 5.78. The SMILES string of the molecule is CNCC1COc2cccc(OC)c2O1. The van der Waals surface area contributed by atoms with Crippen LogP contribution < -0.4 is 19.5 Å². The number of hydrogen-bond donors (Lipinski definition) is 1. The second kappa shape index (κ2) is 4.40. The normalized spacial score (nSPS) is 18.7. The molecule has 1 aliphatic rings. The summed E-state index contributed by atoms with van der Waals surface area (Å²) >= 11 is 0. The zero-order valence-corrected chi connectivity index (χ0v) is 8.95. The van der Waals surface area contributed by atoms with Crippen molar-refractivity contribution < 1.29 is 14.2 Å². The number of methoxy groups -OCH3 is 1. The van der Waals surface area contributed by atoms with Crippen molar-refractivity contribution in [2.45, 2.75) is 6.10 Å². The third kappa shape index (κ3) is 1.99. The molecule has 0 bridgehead atoms. The van der Waals surface area contributed by atoms with E-state index in [1.165, 1.54) is 0 Å². The van der Waals surface area contributed by atoms with Gasteiger partial charge >= 0.3 is 0 Å². The first-order valence-electron chi connectivity index (χ1n) is 4.96. The molecule has 2 rings (SSSR count). The Hall–Kier alpha value is -1.42. The van der Waals surface area contributed by atoms with Gasteiger partial charge in [0.1, 0.15) is 12.7 Å². The molecular formula is C11H15NO3. The lowest BCUT2D eigenvalue weighted by atomic mass is 10.2.